The molecule has 0 saturated carbocycles. The Balaban J connectivity index is 0.000000212. The summed E-state index contributed by atoms with van der Waals surface area (Å²) in [5.41, 5.74) is 14.1. The molecular weight excluding hydrogens is 429 g/mol. The zero-order chi connectivity index (χ0) is 18.4. The Morgan fingerprint density at radius 2 is 1.56 bits per heavy atom. The van der Waals surface area contributed by atoms with Crippen molar-refractivity contribution < 1.29 is 4.74 Å². The van der Waals surface area contributed by atoms with Gasteiger partial charge in [0.25, 0.3) is 0 Å². The predicted molar refractivity (Wildman–Crippen MR) is 105 cm³/mol. The van der Waals surface area contributed by atoms with Crippen molar-refractivity contribution in [3.63, 3.8) is 0 Å². The van der Waals surface area contributed by atoms with Crippen molar-refractivity contribution in [1.29, 1.82) is 0 Å². The second kappa shape index (κ2) is 8.84. The third-order valence-corrected chi connectivity index (χ3v) is 4.09. The van der Waals surface area contributed by atoms with Crippen LogP contribution in [0.1, 0.15) is 0 Å². The van der Waals surface area contributed by atoms with Gasteiger partial charge >= 0.3 is 0 Å². The van der Waals surface area contributed by atoms with Gasteiger partial charge in [0.15, 0.2) is 0 Å². The maximum absolute atomic E-state index is 5.85. The van der Waals surface area contributed by atoms with Crippen LogP contribution in [0.15, 0.2) is 47.5 Å². The molecule has 0 radical (unpaired) electrons. The first-order valence-electron chi connectivity index (χ1n) is 6.87. The van der Waals surface area contributed by atoms with E-state index in [1.165, 1.54) is 0 Å². The number of hydrogen-bond donors (Lipinski definition) is 2. The average Bonchev–Trinajstić information content (AvgIpc) is 2.59. The van der Waals surface area contributed by atoms with Crippen molar-refractivity contribution in [2.24, 2.45) is 0 Å². The van der Waals surface area contributed by atoms with E-state index in [0.29, 0.717) is 27.4 Å². The molecule has 9 heteroatoms. The second-order valence-electron chi connectivity index (χ2n) is 4.74. The summed E-state index contributed by atoms with van der Waals surface area (Å²) in [4.78, 5) is 11.8. The molecule has 0 bridgehead atoms. The minimum Gasteiger partial charge on any atom is -0.495 e. The number of aromatic nitrogens is 3. The Hall–Kier alpha value is -2.09. The number of nitrogens with two attached hydrogens (primary N) is 2. The van der Waals surface area contributed by atoms with E-state index in [1.807, 2.05) is 6.07 Å². The highest BCUT2D eigenvalue weighted by Crippen LogP contribution is 2.28. The predicted octanol–water partition coefficient (Wildman–Crippen LogP) is 4.47. The van der Waals surface area contributed by atoms with E-state index < -0.39 is 0 Å². The molecule has 0 aliphatic rings. The van der Waals surface area contributed by atoms with Gasteiger partial charge in [-0.1, -0.05) is 23.2 Å². The van der Waals surface area contributed by atoms with Gasteiger partial charge < -0.3 is 16.2 Å². The van der Waals surface area contributed by atoms with E-state index >= 15 is 0 Å². The molecule has 3 aromatic rings. The molecule has 0 atom stereocenters. The molecule has 0 amide bonds. The summed E-state index contributed by atoms with van der Waals surface area (Å²) >= 11 is 14.4. The molecule has 6 nitrogen and oxygen atoms in total. The first kappa shape index (κ1) is 19.2. The van der Waals surface area contributed by atoms with Gasteiger partial charge in [-0.05, 0) is 34.1 Å². The Kier molecular flexibility index (Phi) is 6.81. The van der Waals surface area contributed by atoms with E-state index in [1.54, 1.807) is 44.0 Å². The van der Waals surface area contributed by atoms with Crippen LogP contribution in [-0.4, -0.2) is 22.1 Å². The molecule has 130 valence electrons. The minimum absolute atomic E-state index is 0.372. The van der Waals surface area contributed by atoms with Crippen LogP contribution < -0.4 is 16.2 Å². The van der Waals surface area contributed by atoms with Crippen molar-refractivity contribution in [3.05, 3.63) is 57.8 Å². The lowest BCUT2D eigenvalue weighted by Crippen LogP contribution is -1.93. The van der Waals surface area contributed by atoms with Gasteiger partial charge in [-0.2, -0.15) is 0 Å². The number of nitrogen functional groups attached to an aromatic ring is 2. The van der Waals surface area contributed by atoms with Gasteiger partial charge in [0.05, 0.1) is 23.5 Å². The topological polar surface area (TPSA) is 99.9 Å². The van der Waals surface area contributed by atoms with Gasteiger partial charge in [0.1, 0.15) is 16.1 Å². The summed E-state index contributed by atoms with van der Waals surface area (Å²) in [5, 5.41) is 0.785. The van der Waals surface area contributed by atoms with E-state index in [0.717, 1.165) is 15.6 Å². The van der Waals surface area contributed by atoms with Crippen molar-refractivity contribution in [2.75, 3.05) is 18.6 Å². The van der Waals surface area contributed by atoms with Crippen LogP contribution in [0.5, 0.6) is 5.75 Å². The number of ether oxygens (including phenoxy) is 1. The monoisotopic (exact) mass is 441 g/mol. The average molecular weight is 443 g/mol. The number of anilines is 2. The van der Waals surface area contributed by atoms with Crippen LogP contribution in [0.4, 0.5) is 11.4 Å². The number of hydrogen-bond acceptors (Lipinski definition) is 6. The number of rotatable bonds is 2. The Morgan fingerprint density at radius 3 is 2.12 bits per heavy atom. The van der Waals surface area contributed by atoms with Gasteiger partial charge in [-0.15, -0.1) is 0 Å². The SMILES string of the molecule is COc1cncc(-c2cnc(Cl)cc2N)c1.Nc1cc(Cl)ncc1Br. The zero-order valence-corrected chi connectivity index (χ0v) is 16.2. The summed E-state index contributed by atoms with van der Waals surface area (Å²) in [7, 11) is 1.59. The van der Waals surface area contributed by atoms with Crippen LogP contribution in [0.25, 0.3) is 11.1 Å². The molecule has 0 aromatic carbocycles. The maximum atomic E-state index is 5.85. The van der Waals surface area contributed by atoms with Gasteiger partial charge in [0.2, 0.25) is 0 Å². The van der Waals surface area contributed by atoms with E-state index in [4.69, 9.17) is 39.4 Å². The summed E-state index contributed by atoms with van der Waals surface area (Å²) in [6.45, 7) is 0. The molecule has 0 fully saturated rings. The number of methoxy groups -OCH3 is 1. The van der Waals surface area contributed by atoms with E-state index in [9.17, 15) is 0 Å². The van der Waals surface area contributed by atoms with Crippen LogP contribution >= 0.6 is 39.1 Å². The molecular formula is C16H14BrCl2N5O. The summed E-state index contributed by atoms with van der Waals surface area (Å²) in [6, 6.07) is 5.04. The minimum atomic E-state index is 0.372. The molecule has 0 aliphatic heterocycles. The number of halogens is 3. The molecule has 4 N–H and O–H groups in total. The molecule has 3 aromatic heterocycles. The quantitative estimate of drug-likeness (QED) is 0.568. The largest absolute Gasteiger partial charge is 0.495 e. The maximum Gasteiger partial charge on any atom is 0.137 e. The molecule has 0 spiro atoms. The third kappa shape index (κ3) is 5.45. The molecule has 25 heavy (non-hydrogen) atoms. The van der Waals surface area contributed by atoms with Gasteiger partial charge in [0, 0.05) is 35.4 Å². The van der Waals surface area contributed by atoms with Crippen molar-refractivity contribution >= 4 is 50.5 Å². The highest BCUT2D eigenvalue weighted by Gasteiger charge is 2.05. The Morgan fingerprint density at radius 1 is 0.920 bits per heavy atom. The van der Waals surface area contributed by atoms with Crippen LogP contribution in [0, 0.1) is 0 Å². The third-order valence-electron chi connectivity index (χ3n) is 3.01. The zero-order valence-electron chi connectivity index (χ0n) is 13.1. The molecule has 3 heterocycles. The summed E-state index contributed by atoms with van der Waals surface area (Å²) < 4.78 is 5.86. The van der Waals surface area contributed by atoms with Crippen LogP contribution in [0.2, 0.25) is 10.3 Å². The van der Waals surface area contributed by atoms with Crippen molar-refractivity contribution in [2.45, 2.75) is 0 Å². The normalized spacial score (nSPS) is 9.92. The Bertz CT molecular complexity index is 879. The summed E-state index contributed by atoms with van der Waals surface area (Å²) in [5.74, 6) is 0.673. The van der Waals surface area contributed by atoms with Crippen molar-refractivity contribution in [3.8, 4) is 16.9 Å². The van der Waals surface area contributed by atoms with Gasteiger partial charge in [-0.25, -0.2) is 9.97 Å². The molecule has 3 rings (SSSR count). The first-order chi connectivity index (χ1) is 11.9. The van der Waals surface area contributed by atoms with Gasteiger partial charge in [-0.3, -0.25) is 4.98 Å². The smallest absolute Gasteiger partial charge is 0.137 e. The van der Waals surface area contributed by atoms with E-state index in [-0.39, 0.29) is 0 Å². The highest BCUT2D eigenvalue weighted by atomic mass is 79.9. The fourth-order valence-corrected chi connectivity index (χ4v) is 2.34. The fraction of sp³-hybridized carbons (Fsp3) is 0.0625. The lowest BCUT2D eigenvalue weighted by molar-refractivity contribution is 0.413. The van der Waals surface area contributed by atoms with Crippen LogP contribution in [0.3, 0.4) is 0 Å². The fourth-order valence-electron chi connectivity index (χ4n) is 1.79. The number of nitrogens with zero attached hydrogens (tertiary/aromatic N) is 3. The lowest BCUT2D eigenvalue weighted by atomic mass is 10.1. The molecule has 0 saturated heterocycles. The standard InChI is InChI=1S/C11H10ClN3O.C5H4BrClN2/c1-16-8-2-7(4-14-5-8)9-6-15-11(12)3-10(9)13;6-3-2-9-5(7)1-4(3)8/h2-6H,1H3,(H2,13,15);1-2H,(H2,8,9). The van der Waals surface area contributed by atoms with Crippen LogP contribution in [-0.2, 0) is 0 Å². The first-order valence-corrected chi connectivity index (χ1v) is 8.42. The molecule has 0 unspecified atom stereocenters. The highest BCUT2D eigenvalue weighted by molar-refractivity contribution is 9.10. The lowest BCUT2D eigenvalue weighted by Gasteiger charge is -2.06. The van der Waals surface area contributed by atoms with Crippen molar-refractivity contribution in [1.82, 2.24) is 15.0 Å². The number of pyridine rings is 3. The van der Waals surface area contributed by atoms with E-state index in [2.05, 4.69) is 30.9 Å². The second-order valence-corrected chi connectivity index (χ2v) is 6.37. The summed E-state index contributed by atoms with van der Waals surface area (Å²) in [6.07, 6.45) is 6.51. The molecule has 0 aliphatic carbocycles. The Labute approximate surface area is 163 Å².